The minimum Gasteiger partial charge on any atom is -0.480 e. The molecule has 5 saturated heterocycles. The summed E-state index contributed by atoms with van der Waals surface area (Å²) in [5.74, 6) is -9.29. The van der Waals surface area contributed by atoms with Crippen LogP contribution in [0, 0.1) is 29.6 Å². The lowest BCUT2D eigenvalue weighted by Crippen LogP contribution is -2.55. The first-order chi connectivity index (χ1) is 58.2. The Morgan fingerprint density at radius 2 is 0.696 bits per heavy atom. The van der Waals surface area contributed by atoms with Crippen molar-refractivity contribution >= 4 is 134 Å². The molecule has 5 aliphatic heterocycles. The molecule has 694 valence electrons. The predicted molar refractivity (Wildman–Crippen MR) is 453 cm³/mol. The molecule has 10 rings (SSSR count). The summed E-state index contributed by atoms with van der Waals surface area (Å²) in [7, 11) is -27.2. The molecule has 0 bridgehead atoms. The minimum atomic E-state index is -3.99. The van der Waals surface area contributed by atoms with Gasteiger partial charge in [-0.1, -0.05) is 86.7 Å². The number of anilines is 3. The van der Waals surface area contributed by atoms with Crippen LogP contribution in [0.1, 0.15) is 75.5 Å². The van der Waals surface area contributed by atoms with Gasteiger partial charge in [-0.15, -0.1) is 0 Å². The van der Waals surface area contributed by atoms with Crippen LogP contribution in [-0.4, -0.2) is 323 Å². The number of carboxylic acid groups (broad SMARTS) is 5. The average molecular weight is 1870 g/mol. The van der Waals surface area contributed by atoms with Crippen molar-refractivity contribution in [3.63, 3.8) is 0 Å². The van der Waals surface area contributed by atoms with Crippen molar-refractivity contribution < 1.29 is 142 Å². The van der Waals surface area contributed by atoms with Crippen LogP contribution >= 0.6 is 0 Å². The maximum absolute atomic E-state index is 12.5. The summed E-state index contributed by atoms with van der Waals surface area (Å²) >= 11 is 0. The summed E-state index contributed by atoms with van der Waals surface area (Å²) < 4.78 is 141. The molecule has 0 radical (unpaired) electrons. The topological polar surface area (TPSA) is 836 Å². The fourth-order valence-corrected chi connectivity index (χ4v) is 20.9. The summed E-state index contributed by atoms with van der Waals surface area (Å²) in [6, 6.07) is 23.7. The van der Waals surface area contributed by atoms with Crippen LogP contribution < -0.4 is 52.3 Å². The Morgan fingerprint density at radius 1 is 0.392 bits per heavy atom. The maximum Gasteiger partial charge on any atom is 0.451 e. The van der Waals surface area contributed by atoms with Crippen LogP contribution in [0.3, 0.4) is 0 Å². The number of carbonyl (C=O) groups is 5. The molecule has 0 saturated carbocycles. The van der Waals surface area contributed by atoms with E-state index in [1.165, 1.54) is 24.8 Å². The second-order valence-electron chi connectivity index (χ2n) is 30.8. The first-order valence-electron chi connectivity index (χ1n) is 39.0. The first kappa shape index (κ1) is 106. The number of nitrogens with one attached hydrogen (secondary N) is 7. The van der Waals surface area contributed by atoms with Gasteiger partial charge in [0.2, 0.25) is 0 Å². The van der Waals surface area contributed by atoms with E-state index in [2.05, 4.69) is 48.8 Å². The number of pyridine rings is 1. The fraction of sp³-hybridized carbons (Fsp3) is 0.569. The Hall–Kier alpha value is -8.05. The van der Waals surface area contributed by atoms with Gasteiger partial charge in [-0.05, 0) is 93.5 Å². The van der Waals surface area contributed by atoms with Crippen LogP contribution in [0.2, 0.25) is 31.6 Å². The molecular weight excluding hydrogens is 1760 g/mol. The summed E-state index contributed by atoms with van der Waals surface area (Å²) in [4.78, 5) is 68.2. The smallest absolute Gasteiger partial charge is 0.451 e. The second kappa shape index (κ2) is 46.3. The lowest BCUT2D eigenvalue weighted by Gasteiger charge is -2.25. The highest BCUT2D eigenvalue weighted by Crippen LogP contribution is 2.38. The number of hydrogen-bond donors (Lipinski definition) is 27. The van der Waals surface area contributed by atoms with E-state index in [0.29, 0.717) is 43.5 Å². The highest BCUT2D eigenvalue weighted by Gasteiger charge is 2.57. The third-order valence-corrected chi connectivity index (χ3v) is 28.9. The van der Waals surface area contributed by atoms with E-state index in [1.54, 1.807) is 79.0 Å². The molecule has 32 N–H and O–H groups in total. The number of aromatic nitrogens is 5. The third-order valence-electron chi connectivity index (χ3n) is 21.7. The van der Waals surface area contributed by atoms with Gasteiger partial charge < -0.3 is 109 Å². The van der Waals surface area contributed by atoms with E-state index < -0.39 is 174 Å². The van der Waals surface area contributed by atoms with E-state index in [4.69, 9.17) is 78.9 Å². The number of hydrogen-bond acceptors (Lipinski definition) is 33. The van der Waals surface area contributed by atoms with Crippen molar-refractivity contribution in [2.45, 2.75) is 137 Å². The normalized spacial score (nSPS) is 24.3. The van der Waals surface area contributed by atoms with Crippen molar-refractivity contribution in [3.8, 4) is 0 Å². The van der Waals surface area contributed by atoms with Gasteiger partial charge in [0.05, 0.1) is 31.0 Å². The van der Waals surface area contributed by atoms with Crippen LogP contribution in [0.4, 0.5) is 17.3 Å². The Labute approximate surface area is 723 Å². The van der Waals surface area contributed by atoms with Gasteiger partial charge in [-0.3, -0.25) is 48.2 Å². The first-order valence-corrected chi connectivity index (χ1v) is 46.2. The Balaban J connectivity index is 0.000000242. The third kappa shape index (κ3) is 30.6. The van der Waals surface area contributed by atoms with E-state index >= 15 is 0 Å². The minimum absolute atomic E-state index is 0.0221. The number of H-pyrrole nitrogens is 2. The molecule has 0 amide bonds. The van der Waals surface area contributed by atoms with Crippen molar-refractivity contribution in [3.05, 3.63) is 121 Å². The standard InChI is InChI=1S/C15H24BN3O6S.C14H23BN4O6S.C14H22BN3O6S.2C11H20BN5O6S/c17-15(14(20)21)11-19(10-13(15)7-4-8-16(22)23)26(24,25)18-9-12-5-2-1-3-6-12;16-14(13(20)21)10-19(9-11(14)4-3-6-15(22)23)26(24,25)18-8-12-5-1-2-7-17-12;16-14(13(19)20)10-18(9-11(14)5-4-8-15(21)22)25(23,24)17-12-6-2-1-3-7-12;13-11(10(18)19)7-17(6-8(11)2-1-4-12(20)21)24(22,23)16-9-3-5-14-15-9;13-11(10(18)19)6-17(5-8(11)2-1-3-12(20)21)24(22,23)16-9-4-14-7-15-9/h1-3,5-6,13,18,22-23H,4,7-11,17H2,(H,20,21);1-2,5,7,11,18,22-23H,3-4,6,8-10,16H2,(H,20,21);1-3,6-7,11,17,21-22H,4-5,8-10,16H2,(H,19,20);3,5,8,20-21H,1-2,4,6-7,13H2,(H,18,19)(H2,14,15,16);4,7-8,16,20-21H,1-3,5-6,13H2,(H,14,15)(H,18,19)/t13-,15-;2*11-,14-;2*8-,11-/m00000/s1. The molecule has 60 heteroatoms. The molecule has 8 heterocycles. The molecule has 2 aromatic carbocycles. The molecular formula is C65H109B5N20O30S5. The molecule has 0 spiro atoms. The second-order valence-corrected chi connectivity index (χ2v) is 39.3. The number of aromatic amines is 2. The van der Waals surface area contributed by atoms with Gasteiger partial charge in [0.15, 0.2) is 0 Å². The Morgan fingerprint density at radius 3 is 0.984 bits per heavy atom. The zero-order valence-corrected chi connectivity index (χ0v) is 71.7. The van der Waals surface area contributed by atoms with E-state index in [0.717, 1.165) is 27.1 Å². The number of benzene rings is 2. The zero-order valence-electron chi connectivity index (χ0n) is 67.6. The highest BCUT2D eigenvalue weighted by atomic mass is 32.2. The molecule has 125 heavy (non-hydrogen) atoms. The van der Waals surface area contributed by atoms with Crippen LogP contribution in [0.5, 0.6) is 0 Å². The van der Waals surface area contributed by atoms with Gasteiger partial charge in [-0.2, -0.15) is 78.2 Å². The maximum atomic E-state index is 12.5. The van der Waals surface area contributed by atoms with Gasteiger partial charge >= 0.3 is 96.1 Å². The summed E-state index contributed by atoms with van der Waals surface area (Å²) in [5, 5.41) is 142. The van der Waals surface area contributed by atoms with Crippen LogP contribution in [-0.2, 0) is 88.1 Å². The quantitative estimate of drug-likeness (QED) is 0.0161. The number of nitrogens with two attached hydrogens (primary N) is 5. The van der Waals surface area contributed by atoms with E-state index in [-0.39, 0.29) is 154 Å². The van der Waals surface area contributed by atoms with Crippen molar-refractivity contribution in [2.75, 3.05) is 79.6 Å². The number of carboxylic acids is 5. The average Bonchev–Trinajstić information content (AvgIpc) is 1.65. The molecule has 0 unspecified atom stereocenters. The Kier molecular flexibility index (Phi) is 39.1. The summed E-state index contributed by atoms with van der Waals surface area (Å²) in [5.41, 5.74) is 22.9. The number of aliphatic carboxylic acids is 5. The molecule has 50 nitrogen and oxygen atoms in total. The molecule has 5 aromatic rings. The van der Waals surface area contributed by atoms with Crippen LogP contribution in [0.15, 0.2) is 110 Å². The molecule has 5 fully saturated rings. The molecule has 10 atom stereocenters. The van der Waals surface area contributed by atoms with Gasteiger partial charge in [0, 0.05) is 120 Å². The molecule has 5 aliphatic rings. The lowest BCUT2D eigenvalue weighted by atomic mass is 9.78. The van der Waals surface area contributed by atoms with Crippen molar-refractivity contribution in [1.29, 1.82) is 0 Å². The zero-order chi connectivity index (χ0) is 93.3. The van der Waals surface area contributed by atoms with Gasteiger partial charge in [-0.25, -0.2) is 4.98 Å². The van der Waals surface area contributed by atoms with Crippen molar-refractivity contribution in [1.82, 2.24) is 56.1 Å². The van der Waals surface area contributed by atoms with Crippen molar-refractivity contribution in [2.24, 2.45) is 58.3 Å². The number of imidazole rings is 1. The van der Waals surface area contributed by atoms with E-state index in [9.17, 15) is 91.6 Å². The largest absolute Gasteiger partial charge is 0.480 e. The molecule has 3 aromatic heterocycles. The Bertz CT molecular complexity index is 4630. The van der Waals surface area contributed by atoms with E-state index in [1.807, 2.05) is 6.07 Å². The molecule has 0 aliphatic carbocycles. The monoisotopic (exact) mass is 1860 g/mol. The summed E-state index contributed by atoms with van der Waals surface area (Å²) in [6.07, 6.45) is 8.79. The summed E-state index contributed by atoms with van der Waals surface area (Å²) in [6.45, 7) is -2.01. The number of nitrogens with zero attached hydrogens (tertiary/aromatic N) is 8. The van der Waals surface area contributed by atoms with Gasteiger partial charge in [0.25, 0.3) is 20.4 Å². The van der Waals surface area contributed by atoms with Crippen LogP contribution in [0.25, 0.3) is 0 Å². The number of para-hydroxylation sites is 1. The predicted octanol–water partition coefficient (Wildman–Crippen LogP) is -7.25. The SMILES string of the molecule is N[C@@]1(C(=O)O)CN(S(=O)(=O)NCc2ccccc2)C[C@@H]1CCCB(O)O.N[C@@]1(C(=O)O)CN(S(=O)(=O)NCc2ccccn2)C[C@@H]1CCCB(O)O.N[C@@]1(C(=O)O)CN(S(=O)(=O)Nc2ccccc2)C[C@@H]1CCCB(O)O.N[C@@]1(C(=O)O)CN(S(=O)(=O)Nc2ccn[nH]2)C[C@@H]1CCCB(O)O.N[C@@]1(C(=O)O)CN(S(=O)(=O)Nc2cnc[nH]2)C[C@@H]1CCCB(O)O. The number of rotatable bonds is 42. The lowest BCUT2D eigenvalue weighted by molar-refractivity contribution is -0.145. The van der Waals surface area contributed by atoms with Gasteiger partial charge in [0.1, 0.15) is 39.3 Å². The fourth-order valence-electron chi connectivity index (χ4n) is 14.4. The highest BCUT2D eigenvalue weighted by molar-refractivity contribution is 7.91.